The highest BCUT2D eigenvalue weighted by Gasteiger charge is 2.25. The average Bonchev–Trinajstić information content (AvgIpc) is 2.83. The molecule has 0 aromatic carbocycles. The lowest BCUT2D eigenvalue weighted by molar-refractivity contribution is 0.185. The molecule has 0 fully saturated rings. The van der Waals surface area contributed by atoms with E-state index in [1.807, 2.05) is 0 Å². The highest BCUT2D eigenvalue weighted by Crippen LogP contribution is 2.29. The van der Waals surface area contributed by atoms with Crippen LogP contribution in [0.2, 0.25) is 0 Å². The third-order valence-corrected chi connectivity index (χ3v) is 4.13. The van der Waals surface area contributed by atoms with Crippen molar-refractivity contribution in [3.05, 3.63) is 17.5 Å². The molecule has 1 N–H and O–H groups in total. The molecule has 4 nitrogen and oxygen atoms in total. The molecule has 0 spiro atoms. The van der Waals surface area contributed by atoms with Gasteiger partial charge in [0.25, 0.3) is 0 Å². The molecule has 0 saturated carbocycles. The zero-order chi connectivity index (χ0) is 15.9. The molecule has 0 aliphatic carbocycles. The molecule has 122 valence electrons. The third kappa shape index (κ3) is 5.79. The fraction of sp³-hybridized carbons (Fsp3) is 0.824. The molecule has 0 radical (unpaired) electrons. The van der Waals surface area contributed by atoms with Gasteiger partial charge in [-0.05, 0) is 43.7 Å². The molecule has 1 atom stereocenters. The minimum absolute atomic E-state index is 0.273. The maximum atomic E-state index is 5.11. The van der Waals surface area contributed by atoms with Crippen molar-refractivity contribution >= 4 is 0 Å². The molecule has 21 heavy (non-hydrogen) atoms. The second-order valence-electron chi connectivity index (χ2n) is 6.76. The quantitative estimate of drug-likeness (QED) is 0.712. The smallest absolute Gasteiger partial charge is 0.0624 e. The van der Waals surface area contributed by atoms with E-state index in [1.165, 1.54) is 11.4 Å². The fourth-order valence-corrected chi connectivity index (χ4v) is 2.51. The van der Waals surface area contributed by atoms with Gasteiger partial charge < -0.3 is 10.1 Å². The summed E-state index contributed by atoms with van der Waals surface area (Å²) in [5.74, 6) is 0.584. The number of ether oxygens (including phenoxy) is 1. The van der Waals surface area contributed by atoms with Crippen LogP contribution in [0.5, 0.6) is 0 Å². The largest absolute Gasteiger partial charge is 0.383 e. The number of hydrogen-bond donors (Lipinski definition) is 1. The van der Waals surface area contributed by atoms with Gasteiger partial charge >= 0.3 is 0 Å². The van der Waals surface area contributed by atoms with E-state index in [9.17, 15) is 0 Å². The van der Waals surface area contributed by atoms with Gasteiger partial charge in [-0.25, -0.2) is 0 Å². The molecule has 1 rings (SSSR count). The van der Waals surface area contributed by atoms with E-state index in [2.05, 4.69) is 55.8 Å². The van der Waals surface area contributed by atoms with Crippen molar-refractivity contribution in [2.45, 2.75) is 54.0 Å². The number of aryl methyl sites for hydroxylation is 2. The first-order valence-electron chi connectivity index (χ1n) is 8.17. The van der Waals surface area contributed by atoms with Gasteiger partial charge in [0.2, 0.25) is 0 Å². The molecule has 0 aliphatic heterocycles. The van der Waals surface area contributed by atoms with Gasteiger partial charge in [0.15, 0.2) is 0 Å². The van der Waals surface area contributed by atoms with Crippen LogP contribution < -0.4 is 5.32 Å². The van der Waals surface area contributed by atoms with Crippen LogP contribution in [0.15, 0.2) is 6.07 Å². The Hall–Kier alpha value is -0.870. The van der Waals surface area contributed by atoms with E-state index in [1.54, 1.807) is 7.11 Å². The Bertz CT molecular complexity index is 407. The number of nitrogens with one attached hydrogen (secondary N) is 1. The molecule has 4 heteroatoms. The van der Waals surface area contributed by atoms with Crippen molar-refractivity contribution in [1.29, 1.82) is 0 Å². The van der Waals surface area contributed by atoms with Gasteiger partial charge in [-0.1, -0.05) is 27.7 Å². The number of aromatic nitrogens is 2. The van der Waals surface area contributed by atoms with E-state index in [0.29, 0.717) is 5.92 Å². The van der Waals surface area contributed by atoms with Crippen LogP contribution >= 0.6 is 0 Å². The molecule has 1 aromatic heterocycles. The van der Waals surface area contributed by atoms with Crippen LogP contribution in [0, 0.1) is 11.3 Å². The molecule has 1 unspecified atom stereocenters. The zero-order valence-electron chi connectivity index (χ0n) is 14.7. The van der Waals surface area contributed by atoms with Crippen LogP contribution in [0.1, 0.15) is 46.0 Å². The zero-order valence-corrected chi connectivity index (χ0v) is 14.7. The van der Waals surface area contributed by atoms with Gasteiger partial charge in [0.05, 0.1) is 12.3 Å². The summed E-state index contributed by atoms with van der Waals surface area (Å²) >= 11 is 0. The summed E-state index contributed by atoms with van der Waals surface area (Å²) in [6.45, 7) is 14.9. The highest BCUT2D eigenvalue weighted by atomic mass is 16.5. The molecular weight excluding hydrogens is 262 g/mol. The van der Waals surface area contributed by atoms with E-state index < -0.39 is 0 Å². The van der Waals surface area contributed by atoms with Crippen LogP contribution in [0.3, 0.4) is 0 Å². The summed E-state index contributed by atoms with van der Waals surface area (Å²) in [6, 6.07) is 2.28. The Balaban J connectivity index is 2.74. The van der Waals surface area contributed by atoms with E-state index in [0.717, 1.165) is 39.1 Å². The number of rotatable bonds is 9. The Kier molecular flexibility index (Phi) is 7.40. The van der Waals surface area contributed by atoms with Crippen LogP contribution in [0.25, 0.3) is 0 Å². The average molecular weight is 295 g/mol. The van der Waals surface area contributed by atoms with E-state index >= 15 is 0 Å². The fourth-order valence-electron chi connectivity index (χ4n) is 2.51. The molecule has 1 heterocycles. The lowest BCUT2D eigenvalue weighted by Crippen LogP contribution is -2.35. The van der Waals surface area contributed by atoms with E-state index in [-0.39, 0.29) is 5.41 Å². The lowest BCUT2D eigenvalue weighted by Gasteiger charge is -2.31. The first-order chi connectivity index (χ1) is 9.92. The van der Waals surface area contributed by atoms with Crippen LogP contribution in [0.4, 0.5) is 0 Å². The highest BCUT2D eigenvalue weighted by molar-refractivity contribution is 5.12. The van der Waals surface area contributed by atoms with E-state index in [4.69, 9.17) is 4.74 Å². The minimum atomic E-state index is 0.273. The Morgan fingerprint density at radius 3 is 2.57 bits per heavy atom. The number of hydrogen-bond acceptors (Lipinski definition) is 3. The van der Waals surface area contributed by atoms with Gasteiger partial charge in [0, 0.05) is 25.9 Å². The molecule has 0 saturated heterocycles. The predicted octanol–water partition coefficient (Wildman–Crippen LogP) is 2.91. The maximum Gasteiger partial charge on any atom is 0.0624 e. The summed E-state index contributed by atoms with van der Waals surface area (Å²) in [6.07, 6.45) is 2.08. The summed E-state index contributed by atoms with van der Waals surface area (Å²) in [4.78, 5) is 0. The molecule has 1 aromatic rings. The number of nitrogens with zero attached hydrogens (tertiary/aromatic N) is 2. The minimum Gasteiger partial charge on any atom is -0.383 e. The summed E-state index contributed by atoms with van der Waals surface area (Å²) in [5, 5.41) is 8.19. The van der Waals surface area contributed by atoms with Gasteiger partial charge in [-0.2, -0.15) is 5.10 Å². The lowest BCUT2D eigenvalue weighted by atomic mass is 9.78. The Morgan fingerprint density at radius 2 is 2.05 bits per heavy atom. The normalized spacial score (nSPS) is 13.6. The molecule has 0 amide bonds. The topological polar surface area (TPSA) is 39.1 Å². The summed E-state index contributed by atoms with van der Waals surface area (Å²) < 4.78 is 7.26. The van der Waals surface area contributed by atoms with Crippen molar-refractivity contribution in [3.8, 4) is 0 Å². The standard InChI is InChI=1S/C17H33N3O/c1-7-15-12-16(20(8-2)19-15)11-14(17(3,4)5)13-18-9-10-21-6/h12,14,18H,7-11,13H2,1-6H3. The predicted molar refractivity (Wildman–Crippen MR) is 88.7 cm³/mol. The molecule has 0 aliphatic rings. The second-order valence-corrected chi connectivity index (χ2v) is 6.76. The first kappa shape index (κ1) is 18.2. The van der Waals surface area contributed by atoms with Gasteiger partial charge in [0.1, 0.15) is 0 Å². The summed E-state index contributed by atoms with van der Waals surface area (Å²) in [7, 11) is 1.75. The Morgan fingerprint density at radius 1 is 1.33 bits per heavy atom. The third-order valence-electron chi connectivity index (χ3n) is 4.13. The number of methoxy groups -OCH3 is 1. The van der Waals surface area contributed by atoms with Crippen LogP contribution in [-0.2, 0) is 24.1 Å². The van der Waals surface area contributed by atoms with Crippen molar-refractivity contribution in [2.24, 2.45) is 11.3 Å². The van der Waals surface area contributed by atoms with Gasteiger partial charge in [-0.3, -0.25) is 4.68 Å². The van der Waals surface area contributed by atoms with Crippen molar-refractivity contribution in [1.82, 2.24) is 15.1 Å². The first-order valence-corrected chi connectivity index (χ1v) is 8.17. The van der Waals surface area contributed by atoms with Crippen LogP contribution in [-0.4, -0.2) is 36.6 Å². The van der Waals surface area contributed by atoms with Crippen molar-refractivity contribution in [2.75, 3.05) is 26.8 Å². The van der Waals surface area contributed by atoms with Crippen molar-refractivity contribution < 1.29 is 4.74 Å². The SMILES string of the molecule is CCc1cc(CC(CNCCOC)C(C)(C)C)n(CC)n1. The summed E-state index contributed by atoms with van der Waals surface area (Å²) in [5.41, 5.74) is 2.84. The van der Waals surface area contributed by atoms with Crippen molar-refractivity contribution in [3.63, 3.8) is 0 Å². The Labute approximate surface area is 130 Å². The monoisotopic (exact) mass is 295 g/mol. The molecular formula is C17H33N3O. The second kappa shape index (κ2) is 8.54. The molecule has 0 bridgehead atoms. The maximum absolute atomic E-state index is 5.11. The van der Waals surface area contributed by atoms with Gasteiger partial charge in [-0.15, -0.1) is 0 Å².